The van der Waals surface area contributed by atoms with Crippen molar-refractivity contribution in [2.75, 3.05) is 5.32 Å². The van der Waals surface area contributed by atoms with E-state index in [2.05, 4.69) is 10.3 Å². The van der Waals surface area contributed by atoms with Crippen molar-refractivity contribution in [2.45, 2.75) is 26.9 Å². The fraction of sp³-hybridized carbons (Fsp3) is 0.207. The van der Waals surface area contributed by atoms with E-state index in [1.54, 1.807) is 29.1 Å². The molecule has 0 radical (unpaired) electrons. The van der Waals surface area contributed by atoms with E-state index in [0.717, 1.165) is 21.4 Å². The summed E-state index contributed by atoms with van der Waals surface area (Å²) in [5, 5.41) is 3.71. The van der Waals surface area contributed by atoms with Gasteiger partial charge in [-0.15, -0.1) is 0 Å². The summed E-state index contributed by atoms with van der Waals surface area (Å²) in [6, 6.07) is 19.9. The quantitative estimate of drug-likeness (QED) is 0.338. The number of rotatable bonds is 7. The maximum atomic E-state index is 14.0. The van der Waals surface area contributed by atoms with E-state index < -0.39 is 0 Å². The SMILES string of the molecule is CC(C)Cn1c(=O)n(C)c(=O)c2cn(Cc3ccc(-c4ccccn4)cc3)c(Nc3cccc(F)c3)c21. The Morgan fingerprint density at radius 2 is 1.78 bits per heavy atom. The molecule has 0 unspecified atom stereocenters. The van der Waals surface area contributed by atoms with Crippen molar-refractivity contribution >= 4 is 22.4 Å². The largest absolute Gasteiger partial charge is 0.340 e. The second-order valence-corrected chi connectivity index (χ2v) is 9.57. The van der Waals surface area contributed by atoms with Gasteiger partial charge in [-0.3, -0.25) is 18.9 Å². The highest BCUT2D eigenvalue weighted by Gasteiger charge is 2.20. The minimum atomic E-state index is -0.383. The lowest BCUT2D eigenvalue weighted by atomic mass is 10.1. The minimum Gasteiger partial charge on any atom is -0.340 e. The van der Waals surface area contributed by atoms with Gasteiger partial charge < -0.3 is 9.88 Å². The van der Waals surface area contributed by atoms with E-state index in [9.17, 15) is 14.0 Å². The van der Waals surface area contributed by atoms with Crippen LogP contribution in [0, 0.1) is 11.7 Å². The Balaban J connectivity index is 1.65. The van der Waals surface area contributed by atoms with Crippen LogP contribution in [0.4, 0.5) is 15.9 Å². The number of aromatic nitrogens is 4. The summed E-state index contributed by atoms with van der Waals surface area (Å²) in [5.74, 6) is 0.348. The Hall–Kier alpha value is -4.46. The van der Waals surface area contributed by atoms with E-state index in [1.807, 2.05) is 60.9 Å². The molecule has 0 atom stereocenters. The number of halogens is 1. The Morgan fingerprint density at radius 1 is 1.00 bits per heavy atom. The van der Waals surface area contributed by atoms with Gasteiger partial charge in [0.2, 0.25) is 0 Å². The van der Waals surface area contributed by atoms with Gasteiger partial charge in [-0.25, -0.2) is 9.18 Å². The first-order valence-corrected chi connectivity index (χ1v) is 12.2. The third kappa shape index (κ3) is 4.82. The first kappa shape index (κ1) is 24.2. The number of nitrogens with zero attached hydrogens (tertiary/aromatic N) is 4. The van der Waals surface area contributed by atoms with Crippen molar-refractivity contribution in [3.05, 3.63) is 111 Å². The molecule has 0 fully saturated rings. The van der Waals surface area contributed by atoms with E-state index >= 15 is 0 Å². The van der Waals surface area contributed by atoms with Crippen LogP contribution < -0.4 is 16.6 Å². The summed E-state index contributed by atoms with van der Waals surface area (Å²) in [7, 11) is 1.49. The molecule has 1 N–H and O–H groups in total. The second-order valence-electron chi connectivity index (χ2n) is 9.57. The lowest BCUT2D eigenvalue weighted by Gasteiger charge is -2.16. The average Bonchev–Trinajstić information content (AvgIpc) is 3.23. The van der Waals surface area contributed by atoms with Gasteiger partial charge in [-0.2, -0.15) is 0 Å². The highest BCUT2D eigenvalue weighted by molar-refractivity contribution is 5.91. The van der Waals surface area contributed by atoms with Crippen LogP contribution in [0.25, 0.3) is 22.2 Å². The zero-order chi connectivity index (χ0) is 26.1. The lowest BCUT2D eigenvalue weighted by Crippen LogP contribution is -2.38. The summed E-state index contributed by atoms with van der Waals surface area (Å²) in [4.78, 5) is 30.7. The summed E-state index contributed by atoms with van der Waals surface area (Å²) in [6.07, 6.45) is 3.53. The number of hydrogen-bond donors (Lipinski definition) is 1. The molecular formula is C29H28FN5O2. The van der Waals surface area contributed by atoms with Crippen molar-refractivity contribution in [3.8, 4) is 11.3 Å². The number of anilines is 2. The molecule has 0 aliphatic carbocycles. The molecule has 0 bridgehead atoms. The molecule has 188 valence electrons. The van der Waals surface area contributed by atoms with E-state index in [1.165, 1.54) is 19.2 Å². The molecule has 0 amide bonds. The van der Waals surface area contributed by atoms with Crippen molar-refractivity contribution < 1.29 is 4.39 Å². The molecule has 7 nitrogen and oxygen atoms in total. The van der Waals surface area contributed by atoms with E-state index in [0.29, 0.717) is 35.5 Å². The maximum absolute atomic E-state index is 14.0. The van der Waals surface area contributed by atoms with Gasteiger partial charge in [0.15, 0.2) is 0 Å². The standard InChI is InChI=1S/C29H28FN5O2/c1-19(2)16-35-26-24(28(36)33(3)29(35)37)18-34(27(26)32-23-8-6-7-22(30)15-23)17-20-10-12-21(13-11-20)25-9-4-5-14-31-25/h4-15,18-19,32H,16-17H2,1-3H3. The maximum Gasteiger partial charge on any atom is 0.331 e. The first-order valence-electron chi connectivity index (χ1n) is 12.2. The van der Waals surface area contributed by atoms with Crippen molar-refractivity contribution in [1.82, 2.24) is 18.7 Å². The van der Waals surface area contributed by atoms with Gasteiger partial charge >= 0.3 is 5.69 Å². The number of fused-ring (bicyclic) bond motifs is 1. The van der Waals surface area contributed by atoms with E-state index in [-0.39, 0.29) is 23.0 Å². The summed E-state index contributed by atoms with van der Waals surface area (Å²) in [6.45, 7) is 4.91. The highest BCUT2D eigenvalue weighted by atomic mass is 19.1. The molecule has 8 heteroatoms. The molecule has 0 aliphatic rings. The van der Waals surface area contributed by atoms with Crippen molar-refractivity contribution in [1.29, 1.82) is 0 Å². The smallest absolute Gasteiger partial charge is 0.331 e. The molecule has 0 saturated carbocycles. The van der Waals surface area contributed by atoms with Crippen LogP contribution in [-0.2, 0) is 20.1 Å². The predicted molar refractivity (Wildman–Crippen MR) is 145 cm³/mol. The number of hydrogen-bond acceptors (Lipinski definition) is 4. The fourth-order valence-corrected chi connectivity index (χ4v) is 4.52. The number of benzene rings is 2. The summed E-state index contributed by atoms with van der Waals surface area (Å²) >= 11 is 0. The Labute approximate surface area is 213 Å². The van der Waals surface area contributed by atoms with Crippen LogP contribution in [0.5, 0.6) is 0 Å². The first-order chi connectivity index (χ1) is 17.8. The average molecular weight is 498 g/mol. The highest BCUT2D eigenvalue weighted by Crippen LogP contribution is 2.29. The minimum absolute atomic E-state index is 0.169. The third-order valence-corrected chi connectivity index (χ3v) is 6.28. The van der Waals surface area contributed by atoms with Crippen LogP contribution in [-0.4, -0.2) is 18.7 Å². The Kier molecular flexibility index (Phi) is 6.48. The second kappa shape index (κ2) is 9.89. The molecule has 2 aromatic carbocycles. The van der Waals surface area contributed by atoms with E-state index in [4.69, 9.17) is 0 Å². The van der Waals surface area contributed by atoms with Crippen LogP contribution in [0.2, 0.25) is 0 Å². The fourth-order valence-electron chi connectivity index (χ4n) is 4.52. The third-order valence-electron chi connectivity index (χ3n) is 6.28. The molecule has 3 aromatic heterocycles. The molecule has 37 heavy (non-hydrogen) atoms. The summed E-state index contributed by atoms with van der Waals surface area (Å²) < 4.78 is 18.7. The van der Waals surface area contributed by atoms with Crippen LogP contribution in [0.1, 0.15) is 19.4 Å². The normalized spacial score (nSPS) is 11.4. The lowest BCUT2D eigenvalue weighted by molar-refractivity contribution is 0.503. The zero-order valence-corrected chi connectivity index (χ0v) is 21.0. The molecule has 5 aromatic rings. The number of pyridine rings is 1. The molecule has 5 rings (SSSR count). The number of nitrogens with one attached hydrogen (secondary N) is 1. The van der Waals surface area contributed by atoms with Gasteiger partial charge in [0.1, 0.15) is 17.2 Å². The van der Waals surface area contributed by atoms with Crippen molar-refractivity contribution in [3.63, 3.8) is 0 Å². The van der Waals surface area contributed by atoms with Gasteiger partial charge in [0, 0.05) is 43.8 Å². The Morgan fingerprint density at radius 3 is 2.46 bits per heavy atom. The Bertz CT molecular complexity index is 1680. The zero-order valence-electron chi connectivity index (χ0n) is 21.0. The molecular weight excluding hydrogens is 469 g/mol. The van der Waals surface area contributed by atoms with Gasteiger partial charge in [-0.05, 0) is 41.8 Å². The van der Waals surface area contributed by atoms with Crippen LogP contribution in [0.15, 0.2) is 88.7 Å². The topological polar surface area (TPSA) is 73.8 Å². The van der Waals surface area contributed by atoms with Crippen LogP contribution >= 0.6 is 0 Å². The van der Waals surface area contributed by atoms with Gasteiger partial charge in [0.25, 0.3) is 5.56 Å². The van der Waals surface area contributed by atoms with Crippen LogP contribution in [0.3, 0.4) is 0 Å². The molecule has 0 saturated heterocycles. The van der Waals surface area contributed by atoms with Crippen molar-refractivity contribution in [2.24, 2.45) is 13.0 Å². The van der Waals surface area contributed by atoms with Gasteiger partial charge in [0.05, 0.1) is 11.1 Å². The molecule has 3 heterocycles. The molecule has 0 aliphatic heterocycles. The molecule has 0 spiro atoms. The summed E-state index contributed by atoms with van der Waals surface area (Å²) in [5.41, 5.74) is 3.16. The van der Waals surface area contributed by atoms with Gasteiger partial charge in [-0.1, -0.05) is 50.2 Å². The predicted octanol–water partition coefficient (Wildman–Crippen LogP) is 5.15. The monoisotopic (exact) mass is 497 g/mol.